The smallest absolute Gasteiger partial charge is 0.354 e. The highest BCUT2D eigenvalue weighted by Crippen LogP contribution is 2.27. The first kappa shape index (κ1) is 14.3. The molecule has 1 heterocycles. The van der Waals surface area contributed by atoms with Gasteiger partial charge in [0.2, 0.25) is 0 Å². The number of nitrogens with zero attached hydrogens (tertiary/aromatic N) is 2. The zero-order valence-corrected chi connectivity index (χ0v) is 12.0. The van der Waals surface area contributed by atoms with E-state index in [9.17, 15) is 9.90 Å². The van der Waals surface area contributed by atoms with E-state index < -0.39 is 5.97 Å². The van der Waals surface area contributed by atoms with Gasteiger partial charge in [-0.25, -0.2) is 9.78 Å². The predicted octanol–water partition coefficient (Wildman–Crippen LogP) is 3.56. The summed E-state index contributed by atoms with van der Waals surface area (Å²) in [5, 5.41) is 10.2. The lowest BCUT2D eigenvalue weighted by molar-refractivity contribution is 0.0691. The van der Waals surface area contributed by atoms with Crippen LogP contribution in [0, 0.1) is 0 Å². The molecule has 0 bridgehead atoms. The van der Waals surface area contributed by atoms with Crippen molar-refractivity contribution in [2.45, 2.75) is 26.7 Å². The first-order valence-corrected chi connectivity index (χ1v) is 7.05. The number of aromatic nitrogens is 1. The average Bonchev–Trinajstić information content (AvgIpc) is 2.47. The SMILES string of the molecule is CCCCN(CC)c1cc(C(=O)O)nc2ccccc12. The fraction of sp³-hybridized carbons (Fsp3) is 0.375. The van der Waals surface area contributed by atoms with Crippen molar-refractivity contribution in [2.75, 3.05) is 18.0 Å². The third-order valence-corrected chi connectivity index (χ3v) is 3.42. The number of carboxylic acid groups (broad SMARTS) is 1. The Kier molecular flexibility index (Phi) is 4.56. The number of carbonyl (C=O) groups is 1. The number of benzene rings is 1. The van der Waals surface area contributed by atoms with Gasteiger partial charge in [-0.1, -0.05) is 31.5 Å². The molecule has 2 rings (SSSR count). The summed E-state index contributed by atoms with van der Waals surface area (Å²) < 4.78 is 0. The standard InChI is InChI=1S/C16H20N2O2/c1-3-5-10-18(4-2)15-11-14(16(19)20)17-13-9-7-6-8-12(13)15/h6-9,11H,3-5,10H2,1-2H3,(H,19,20). The van der Waals surface area contributed by atoms with Gasteiger partial charge in [0.1, 0.15) is 0 Å². The number of aromatic carboxylic acids is 1. The maximum absolute atomic E-state index is 11.2. The number of rotatable bonds is 6. The number of fused-ring (bicyclic) bond motifs is 1. The Labute approximate surface area is 119 Å². The Bertz CT molecular complexity index is 610. The van der Waals surface area contributed by atoms with Gasteiger partial charge in [0, 0.05) is 24.2 Å². The third kappa shape index (κ3) is 2.90. The van der Waals surface area contributed by atoms with Crippen LogP contribution in [0.5, 0.6) is 0 Å². The monoisotopic (exact) mass is 272 g/mol. The third-order valence-electron chi connectivity index (χ3n) is 3.42. The molecule has 0 amide bonds. The summed E-state index contributed by atoms with van der Waals surface area (Å²) in [6.07, 6.45) is 2.21. The van der Waals surface area contributed by atoms with Gasteiger partial charge in [0.05, 0.1) is 5.52 Å². The topological polar surface area (TPSA) is 53.4 Å². The van der Waals surface area contributed by atoms with Crippen molar-refractivity contribution in [3.63, 3.8) is 0 Å². The van der Waals surface area contributed by atoms with Crippen LogP contribution in [0.4, 0.5) is 5.69 Å². The number of hydrogen-bond donors (Lipinski definition) is 1. The van der Waals surface area contributed by atoms with E-state index in [1.807, 2.05) is 24.3 Å². The second-order valence-corrected chi connectivity index (χ2v) is 4.78. The second kappa shape index (κ2) is 6.37. The number of pyridine rings is 1. The molecular weight excluding hydrogens is 252 g/mol. The van der Waals surface area contributed by atoms with Crippen LogP contribution in [-0.2, 0) is 0 Å². The zero-order chi connectivity index (χ0) is 14.5. The normalized spacial score (nSPS) is 10.7. The van der Waals surface area contributed by atoms with Crippen LogP contribution in [0.25, 0.3) is 10.9 Å². The molecule has 4 heteroatoms. The number of anilines is 1. The molecule has 0 fully saturated rings. The van der Waals surface area contributed by atoms with Gasteiger partial charge in [0.15, 0.2) is 5.69 Å². The first-order chi connectivity index (χ1) is 9.67. The second-order valence-electron chi connectivity index (χ2n) is 4.78. The Morgan fingerprint density at radius 3 is 2.70 bits per heavy atom. The molecule has 0 aliphatic carbocycles. The van der Waals surface area contributed by atoms with Gasteiger partial charge in [-0.15, -0.1) is 0 Å². The molecule has 1 N–H and O–H groups in total. The first-order valence-electron chi connectivity index (χ1n) is 7.05. The molecule has 0 saturated heterocycles. The van der Waals surface area contributed by atoms with Crippen molar-refractivity contribution in [2.24, 2.45) is 0 Å². The largest absolute Gasteiger partial charge is 0.477 e. The van der Waals surface area contributed by atoms with Gasteiger partial charge >= 0.3 is 5.97 Å². The highest BCUT2D eigenvalue weighted by molar-refractivity contribution is 5.97. The van der Waals surface area contributed by atoms with E-state index in [4.69, 9.17) is 0 Å². The van der Waals surface area contributed by atoms with Crippen molar-refractivity contribution in [1.29, 1.82) is 0 Å². The minimum absolute atomic E-state index is 0.105. The van der Waals surface area contributed by atoms with E-state index in [1.54, 1.807) is 6.07 Å². The quantitative estimate of drug-likeness (QED) is 0.873. The van der Waals surface area contributed by atoms with Gasteiger partial charge < -0.3 is 10.0 Å². The van der Waals surface area contributed by atoms with Crippen LogP contribution in [0.3, 0.4) is 0 Å². The molecule has 0 spiro atoms. The van der Waals surface area contributed by atoms with Crippen molar-refractivity contribution >= 4 is 22.6 Å². The lowest BCUT2D eigenvalue weighted by Crippen LogP contribution is -2.24. The van der Waals surface area contributed by atoms with Gasteiger partial charge in [-0.2, -0.15) is 0 Å². The van der Waals surface area contributed by atoms with E-state index in [1.165, 1.54) is 0 Å². The van der Waals surface area contributed by atoms with Gasteiger partial charge in [-0.3, -0.25) is 0 Å². The predicted molar refractivity (Wildman–Crippen MR) is 81.5 cm³/mol. The lowest BCUT2D eigenvalue weighted by atomic mass is 10.1. The molecule has 0 unspecified atom stereocenters. The summed E-state index contributed by atoms with van der Waals surface area (Å²) in [6.45, 7) is 6.03. The van der Waals surface area contributed by atoms with Crippen molar-refractivity contribution in [3.05, 3.63) is 36.0 Å². The van der Waals surface area contributed by atoms with Crippen molar-refractivity contribution in [1.82, 2.24) is 4.98 Å². The minimum Gasteiger partial charge on any atom is -0.477 e. The van der Waals surface area contributed by atoms with Crippen LogP contribution < -0.4 is 4.90 Å². The van der Waals surface area contributed by atoms with E-state index >= 15 is 0 Å². The minimum atomic E-state index is -0.983. The zero-order valence-electron chi connectivity index (χ0n) is 12.0. The molecule has 20 heavy (non-hydrogen) atoms. The maximum Gasteiger partial charge on any atom is 0.354 e. The Morgan fingerprint density at radius 1 is 1.30 bits per heavy atom. The summed E-state index contributed by atoms with van der Waals surface area (Å²) in [5.74, 6) is -0.983. The molecule has 0 atom stereocenters. The van der Waals surface area contributed by atoms with E-state index in [0.29, 0.717) is 0 Å². The molecular formula is C16H20N2O2. The molecule has 1 aromatic heterocycles. The summed E-state index contributed by atoms with van der Waals surface area (Å²) in [7, 11) is 0. The van der Waals surface area contributed by atoms with Crippen molar-refractivity contribution < 1.29 is 9.90 Å². The van der Waals surface area contributed by atoms with Gasteiger partial charge in [0.25, 0.3) is 0 Å². The number of carboxylic acids is 1. The average molecular weight is 272 g/mol. The van der Waals surface area contributed by atoms with Crippen LogP contribution >= 0.6 is 0 Å². The molecule has 2 aromatic rings. The number of para-hydroxylation sites is 1. The summed E-state index contributed by atoms with van der Waals surface area (Å²) in [4.78, 5) is 17.7. The van der Waals surface area contributed by atoms with Crippen molar-refractivity contribution in [3.8, 4) is 0 Å². The van der Waals surface area contributed by atoms with E-state index in [2.05, 4.69) is 23.7 Å². The molecule has 0 aliphatic rings. The highest BCUT2D eigenvalue weighted by atomic mass is 16.4. The summed E-state index contributed by atoms with van der Waals surface area (Å²) in [6, 6.07) is 9.38. The molecule has 106 valence electrons. The number of hydrogen-bond acceptors (Lipinski definition) is 3. The summed E-state index contributed by atoms with van der Waals surface area (Å²) in [5.41, 5.74) is 1.80. The van der Waals surface area contributed by atoms with Gasteiger partial charge in [-0.05, 0) is 25.5 Å². The van der Waals surface area contributed by atoms with E-state index in [0.717, 1.165) is 42.5 Å². The van der Waals surface area contributed by atoms with Crippen LogP contribution in [-0.4, -0.2) is 29.1 Å². The fourth-order valence-electron chi connectivity index (χ4n) is 2.33. The number of unbranched alkanes of at least 4 members (excludes halogenated alkanes) is 1. The Balaban J connectivity index is 2.56. The molecule has 0 radical (unpaired) electrons. The molecule has 4 nitrogen and oxygen atoms in total. The van der Waals surface area contributed by atoms with Crippen LogP contribution in [0.2, 0.25) is 0 Å². The molecule has 0 aliphatic heterocycles. The van der Waals surface area contributed by atoms with E-state index in [-0.39, 0.29) is 5.69 Å². The molecule has 0 saturated carbocycles. The van der Waals surface area contributed by atoms with Crippen LogP contribution in [0.1, 0.15) is 37.2 Å². The Hall–Kier alpha value is -2.10. The Morgan fingerprint density at radius 2 is 2.05 bits per heavy atom. The summed E-state index contributed by atoms with van der Waals surface area (Å²) >= 11 is 0. The highest BCUT2D eigenvalue weighted by Gasteiger charge is 2.14. The fourth-order valence-corrected chi connectivity index (χ4v) is 2.33. The van der Waals surface area contributed by atoms with Crippen LogP contribution in [0.15, 0.2) is 30.3 Å². The lowest BCUT2D eigenvalue weighted by Gasteiger charge is -2.24. The molecule has 1 aromatic carbocycles. The maximum atomic E-state index is 11.2.